The Bertz CT molecular complexity index is 1120. The molecule has 0 aliphatic heterocycles. The average molecular weight is 399 g/mol. The summed E-state index contributed by atoms with van der Waals surface area (Å²) in [6, 6.07) is 16.7. The number of methoxy groups -OCH3 is 4. The molecule has 0 fully saturated rings. The van der Waals surface area contributed by atoms with Crippen molar-refractivity contribution in [3.63, 3.8) is 0 Å². The minimum absolute atomic E-state index is 0.527. The molecule has 0 aliphatic carbocycles. The Hall–Kier alpha value is -4.09. The van der Waals surface area contributed by atoms with Crippen LogP contribution >= 0.6 is 0 Å². The van der Waals surface area contributed by atoms with Gasteiger partial charge in [0.1, 0.15) is 17.1 Å². The molecule has 0 radical (unpaired) electrons. The first-order valence-corrected chi connectivity index (χ1v) is 9.12. The Morgan fingerprint density at radius 1 is 0.600 bits per heavy atom. The van der Waals surface area contributed by atoms with Crippen LogP contribution in [0.5, 0.6) is 23.0 Å². The van der Waals surface area contributed by atoms with Crippen molar-refractivity contribution in [2.75, 3.05) is 28.4 Å². The van der Waals surface area contributed by atoms with Crippen LogP contribution in [0.15, 0.2) is 54.6 Å². The molecule has 1 aromatic heterocycles. The van der Waals surface area contributed by atoms with Gasteiger partial charge in [-0.2, -0.15) is 0 Å². The summed E-state index contributed by atoms with van der Waals surface area (Å²) in [6.45, 7) is 0. The van der Waals surface area contributed by atoms with Gasteiger partial charge in [0.15, 0.2) is 11.5 Å². The molecular weight excluding hydrogens is 378 g/mol. The summed E-state index contributed by atoms with van der Waals surface area (Å²) in [4.78, 5) is 4.50. The molecule has 0 aliphatic rings. The Morgan fingerprint density at radius 3 is 1.67 bits per heavy atom. The number of rotatable bonds is 4. The van der Waals surface area contributed by atoms with Crippen LogP contribution < -0.4 is 18.9 Å². The van der Waals surface area contributed by atoms with Crippen molar-refractivity contribution in [2.45, 2.75) is 0 Å². The van der Waals surface area contributed by atoms with Crippen molar-refractivity contribution in [3.8, 4) is 46.7 Å². The number of aromatic nitrogens is 1. The fourth-order valence-electron chi connectivity index (χ4n) is 2.67. The van der Waals surface area contributed by atoms with E-state index in [-0.39, 0.29) is 0 Å². The van der Waals surface area contributed by atoms with Crippen molar-refractivity contribution >= 4 is 0 Å². The van der Waals surface area contributed by atoms with E-state index in [2.05, 4.69) is 28.7 Å². The van der Waals surface area contributed by atoms with E-state index in [1.54, 1.807) is 40.6 Å². The Morgan fingerprint density at radius 2 is 1.17 bits per heavy atom. The first kappa shape index (κ1) is 20.6. The van der Waals surface area contributed by atoms with Gasteiger partial charge in [-0.3, -0.25) is 0 Å². The van der Waals surface area contributed by atoms with Crippen LogP contribution in [-0.4, -0.2) is 33.4 Å². The van der Waals surface area contributed by atoms with E-state index in [1.807, 2.05) is 42.5 Å². The zero-order valence-electron chi connectivity index (χ0n) is 17.3. The zero-order chi connectivity index (χ0) is 21.3. The second-order valence-electron chi connectivity index (χ2n) is 6.05. The summed E-state index contributed by atoms with van der Waals surface area (Å²) >= 11 is 0. The molecule has 2 aromatic carbocycles. The first-order chi connectivity index (χ1) is 14.7. The van der Waals surface area contributed by atoms with Gasteiger partial charge in [0.25, 0.3) is 0 Å². The monoisotopic (exact) mass is 399 g/mol. The fourth-order valence-corrected chi connectivity index (χ4v) is 2.67. The van der Waals surface area contributed by atoms with Gasteiger partial charge in [-0.05, 0) is 60.4 Å². The zero-order valence-corrected chi connectivity index (χ0v) is 17.3. The molecule has 3 rings (SSSR count). The third-order valence-electron chi connectivity index (χ3n) is 4.17. The quantitative estimate of drug-likeness (QED) is 0.623. The maximum absolute atomic E-state index is 5.36. The smallest absolute Gasteiger partial charge is 0.203 e. The van der Waals surface area contributed by atoms with E-state index < -0.39 is 0 Å². The maximum Gasteiger partial charge on any atom is 0.203 e. The van der Waals surface area contributed by atoms with E-state index in [1.165, 1.54) is 0 Å². The summed E-state index contributed by atoms with van der Waals surface area (Å²) in [5.41, 5.74) is 2.86. The summed E-state index contributed by atoms with van der Waals surface area (Å²) < 4.78 is 21.2. The molecule has 1 heterocycles. The van der Waals surface area contributed by atoms with Crippen LogP contribution in [0.2, 0.25) is 0 Å². The number of pyridine rings is 1. The molecule has 0 N–H and O–H groups in total. The number of nitrogens with zero attached hydrogens (tertiary/aromatic N) is 1. The van der Waals surface area contributed by atoms with Gasteiger partial charge >= 0.3 is 0 Å². The molecule has 5 nitrogen and oxygen atoms in total. The van der Waals surface area contributed by atoms with Crippen LogP contribution in [0.4, 0.5) is 0 Å². The third kappa shape index (κ3) is 5.04. The molecule has 0 spiro atoms. The first-order valence-electron chi connectivity index (χ1n) is 9.12. The van der Waals surface area contributed by atoms with Crippen molar-refractivity contribution < 1.29 is 18.9 Å². The van der Waals surface area contributed by atoms with Gasteiger partial charge in [0.2, 0.25) is 5.75 Å². The number of hydrogen-bond donors (Lipinski definition) is 0. The predicted octanol–water partition coefficient (Wildman–Crippen LogP) is 3.92. The maximum atomic E-state index is 5.36. The van der Waals surface area contributed by atoms with Crippen molar-refractivity contribution in [1.82, 2.24) is 4.98 Å². The summed E-state index contributed by atoms with van der Waals surface area (Å²) in [5, 5.41) is 0. The van der Waals surface area contributed by atoms with Crippen LogP contribution in [-0.2, 0) is 0 Å². The Labute approximate surface area is 176 Å². The molecule has 5 heteroatoms. The second-order valence-corrected chi connectivity index (χ2v) is 6.05. The Kier molecular flexibility index (Phi) is 6.82. The van der Waals surface area contributed by atoms with Crippen LogP contribution in [0.25, 0.3) is 0 Å². The third-order valence-corrected chi connectivity index (χ3v) is 4.17. The van der Waals surface area contributed by atoms with E-state index >= 15 is 0 Å². The lowest BCUT2D eigenvalue weighted by atomic mass is 10.1. The SMILES string of the molecule is COc1ccc(C#Cc2cccc(C#Cc3cc(OC)c(OC)c(OC)c3)n2)cc1. The van der Waals surface area contributed by atoms with Gasteiger partial charge in [-0.25, -0.2) is 4.98 Å². The molecular formula is C25H21NO4. The highest BCUT2D eigenvalue weighted by atomic mass is 16.5. The van der Waals surface area contributed by atoms with Crippen molar-refractivity contribution in [3.05, 3.63) is 77.1 Å². The average Bonchev–Trinajstić information content (AvgIpc) is 2.81. The van der Waals surface area contributed by atoms with Gasteiger partial charge in [-0.15, -0.1) is 0 Å². The van der Waals surface area contributed by atoms with Gasteiger partial charge < -0.3 is 18.9 Å². The van der Waals surface area contributed by atoms with E-state index in [9.17, 15) is 0 Å². The number of hydrogen-bond acceptors (Lipinski definition) is 5. The number of ether oxygens (including phenoxy) is 4. The minimum atomic E-state index is 0.527. The molecule has 0 unspecified atom stereocenters. The molecule has 0 atom stereocenters. The standard InChI is InChI=1S/C25H21NO4/c1-27-22-14-10-18(11-15-22)8-12-20-6-5-7-21(26-20)13-9-19-16-23(28-2)25(30-4)24(17-19)29-3/h5-7,10-11,14-17H,1-4H3. The Balaban J connectivity index is 1.85. The molecule has 0 amide bonds. The highest BCUT2D eigenvalue weighted by molar-refractivity contribution is 5.58. The molecule has 150 valence electrons. The van der Waals surface area contributed by atoms with Gasteiger partial charge in [-0.1, -0.05) is 17.9 Å². The van der Waals surface area contributed by atoms with E-state index in [4.69, 9.17) is 18.9 Å². The molecule has 30 heavy (non-hydrogen) atoms. The van der Waals surface area contributed by atoms with Crippen LogP contribution in [0.3, 0.4) is 0 Å². The lowest BCUT2D eigenvalue weighted by Gasteiger charge is -2.12. The molecule has 0 saturated carbocycles. The van der Waals surface area contributed by atoms with Gasteiger partial charge in [0, 0.05) is 11.1 Å². The fraction of sp³-hybridized carbons (Fsp3) is 0.160. The lowest BCUT2D eigenvalue weighted by Crippen LogP contribution is -1.95. The minimum Gasteiger partial charge on any atom is -0.497 e. The molecule has 3 aromatic rings. The number of benzene rings is 2. The summed E-state index contributed by atoms with van der Waals surface area (Å²) in [7, 11) is 6.34. The normalized spacial score (nSPS) is 9.47. The van der Waals surface area contributed by atoms with E-state index in [0.29, 0.717) is 28.6 Å². The predicted molar refractivity (Wildman–Crippen MR) is 115 cm³/mol. The molecule has 0 bridgehead atoms. The van der Waals surface area contributed by atoms with E-state index in [0.717, 1.165) is 16.9 Å². The summed E-state index contributed by atoms with van der Waals surface area (Å²) in [6.07, 6.45) is 0. The highest BCUT2D eigenvalue weighted by Gasteiger charge is 2.12. The largest absolute Gasteiger partial charge is 0.497 e. The summed E-state index contributed by atoms with van der Waals surface area (Å²) in [5.74, 6) is 14.7. The molecule has 0 saturated heterocycles. The van der Waals surface area contributed by atoms with Crippen molar-refractivity contribution in [1.29, 1.82) is 0 Å². The lowest BCUT2D eigenvalue weighted by molar-refractivity contribution is 0.324. The van der Waals surface area contributed by atoms with Crippen LogP contribution in [0, 0.1) is 23.7 Å². The topological polar surface area (TPSA) is 49.8 Å². The van der Waals surface area contributed by atoms with Gasteiger partial charge in [0.05, 0.1) is 28.4 Å². The second kappa shape index (κ2) is 9.91. The highest BCUT2D eigenvalue weighted by Crippen LogP contribution is 2.37. The van der Waals surface area contributed by atoms with Crippen molar-refractivity contribution in [2.24, 2.45) is 0 Å². The van der Waals surface area contributed by atoms with Crippen LogP contribution in [0.1, 0.15) is 22.5 Å².